The molecule has 0 saturated carbocycles. The lowest BCUT2D eigenvalue weighted by molar-refractivity contribution is -0.155. The maximum atomic E-state index is 12.1. The van der Waals surface area contributed by atoms with Gasteiger partial charge < -0.3 is 14.8 Å². The first kappa shape index (κ1) is 20.1. The van der Waals surface area contributed by atoms with Crippen LogP contribution in [0.15, 0.2) is 42.5 Å². The van der Waals surface area contributed by atoms with Crippen LogP contribution in [0.5, 0.6) is 5.75 Å². The number of ether oxygens (including phenoxy) is 2. The van der Waals surface area contributed by atoms with Gasteiger partial charge in [0.2, 0.25) is 0 Å². The van der Waals surface area contributed by atoms with E-state index >= 15 is 0 Å². The minimum Gasteiger partial charge on any atom is -0.482 e. The number of hydrogen-bond acceptors (Lipinski definition) is 4. The fourth-order valence-corrected chi connectivity index (χ4v) is 2.43. The standard InChI is InChI=1S/C19H19Cl2NO4/c1-3-13-7-9-14(10-8-13)25-11-17(23)26-12(2)19(24)22-16-6-4-5-15(20)18(16)21/h4-10,12H,3,11H2,1-2H3,(H,22,24). The van der Waals surface area contributed by atoms with Gasteiger partial charge >= 0.3 is 5.97 Å². The molecule has 0 aliphatic heterocycles. The van der Waals surface area contributed by atoms with Crippen LogP contribution in [0.3, 0.4) is 0 Å². The minimum absolute atomic E-state index is 0.222. The first-order chi connectivity index (χ1) is 12.4. The summed E-state index contributed by atoms with van der Waals surface area (Å²) in [5.74, 6) is -0.610. The summed E-state index contributed by atoms with van der Waals surface area (Å²) in [6, 6.07) is 12.3. The van der Waals surface area contributed by atoms with Crippen LogP contribution in [0, 0.1) is 0 Å². The minimum atomic E-state index is -1.01. The van der Waals surface area contributed by atoms with Crippen LogP contribution in [0.4, 0.5) is 5.69 Å². The average Bonchev–Trinajstić information content (AvgIpc) is 2.64. The van der Waals surface area contributed by atoms with Gasteiger partial charge in [-0.3, -0.25) is 4.79 Å². The number of esters is 1. The van der Waals surface area contributed by atoms with E-state index < -0.39 is 18.0 Å². The fraction of sp³-hybridized carbons (Fsp3) is 0.263. The molecule has 138 valence electrons. The van der Waals surface area contributed by atoms with Gasteiger partial charge in [0.1, 0.15) is 5.75 Å². The van der Waals surface area contributed by atoms with E-state index in [0.717, 1.165) is 6.42 Å². The summed E-state index contributed by atoms with van der Waals surface area (Å²) >= 11 is 11.9. The molecule has 0 spiro atoms. The number of nitrogens with one attached hydrogen (secondary N) is 1. The zero-order chi connectivity index (χ0) is 19.1. The second-order valence-corrected chi connectivity index (χ2v) is 6.29. The first-order valence-corrected chi connectivity index (χ1v) is 8.82. The fourth-order valence-electron chi connectivity index (χ4n) is 2.08. The zero-order valence-corrected chi connectivity index (χ0v) is 15.9. The van der Waals surface area contributed by atoms with Crippen LogP contribution in [0.2, 0.25) is 10.0 Å². The van der Waals surface area contributed by atoms with Crippen LogP contribution >= 0.6 is 23.2 Å². The topological polar surface area (TPSA) is 64.6 Å². The van der Waals surface area contributed by atoms with Gasteiger partial charge in [-0.25, -0.2) is 4.79 Å². The van der Waals surface area contributed by atoms with Crippen molar-refractivity contribution in [3.05, 3.63) is 58.1 Å². The zero-order valence-electron chi connectivity index (χ0n) is 14.4. The summed E-state index contributed by atoms with van der Waals surface area (Å²) in [4.78, 5) is 24.0. The van der Waals surface area contributed by atoms with Gasteiger partial charge in [-0.15, -0.1) is 0 Å². The van der Waals surface area contributed by atoms with Crippen molar-refractivity contribution in [2.45, 2.75) is 26.4 Å². The van der Waals surface area contributed by atoms with Crippen molar-refractivity contribution in [3.63, 3.8) is 0 Å². The van der Waals surface area contributed by atoms with Crippen LogP contribution < -0.4 is 10.1 Å². The summed E-state index contributed by atoms with van der Waals surface area (Å²) < 4.78 is 10.4. The molecule has 2 aromatic rings. The van der Waals surface area contributed by atoms with Gasteiger partial charge in [0.05, 0.1) is 15.7 Å². The van der Waals surface area contributed by atoms with E-state index in [1.807, 2.05) is 12.1 Å². The lowest BCUT2D eigenvalue weighted by atomic mass is 10.2. The van der Waals surface area contributed by atoms with Crippen LogP contribution in [0.1, 0.15) is 19.4 Å². The first-order valence-electron chi connectivity index (χ1n) is 8.06. The normalized spacial score (nSPS) is 11.5. The number of aryl methyl sites for hydroxylation is 1. The largest absolute Gasteiger partial charge is 0.482 e. The molecule has 2 aromatic carbocycles. The number of carbonyl (C=O) groups is 2. The van der Waals surface area contributed by atoms with E-state index in [9.17, 15) is 9.59 Å². The molecule has 26 heavy (non-hydrogen) atoms. The summed E-state index contributed by atoms with van der Waals surface area (Å²) in [7, 11) is 0. The van der Waals surface area contributed by atoms with E-state index in [2.05, 4.69) is 12.2 Å². The Morgan fingerprint density at radius 2 is 1.81 bits per heavy atom. The van der Waals surface area contributed by atoms with E-state index in [1.165, 1.54) is 12.5 Å². The molecule has 1 N–H and O–H groups in total. The summed E-state index contributed by atoms with van der Waals surface area (Å²) in [6.45, 7) is 3.22. The van der Waals surface area contributed by atoms with Crippen molar-refractivity contribution in [3.8, 4) is 5.75 Å². The highest BCUT2D eigenvalue weighted by Crippen LogP contribution is 2.29. The van der Waals surface area contributed by atoms with Crippen molar-refractivity contribution in [2.24, 2.45) is 0 Å². The predicted molar refractivity (Wildman–Crippen MR) is 102 cm³/mol. The molecule has 0 aliphatic rings. The molecule has 0 radical (unpaired) electrons. The van der Waals surface area contributed by atoms with E-state index in [4.69, 9.17) is 32.7 Å². The smallest absolute Gasteiger partial charge is 0.344 e. The van der Waals surface area contributed by atoms with Gasteiger partial charge in [-0.05, 0) is 43.2 Å². The summed E-state index contributed by atoms with van der Waals surface area (Å²) in [6.07, 6.45) is -0.0883. The Kier molecular flexibility index (Phi) is 7.30. The Morgan fingerprint density at radius 1 is 1.12 bits per heavy atom. The molecule has 0 aromatic heterocycles. The average molecular weight is 396 g/mol. The molecular weight excluding hydrogens is 377 g/mol. The molecule has 5 nitrogen and oxygen atoms in total. The summed E-state index contributed by atoms with van der Waals surface area (Å²) in [5, 5.41) is 3.11. The molecule has 0 aliphatic carbocycles. The highest BCUT2D eigenvalue weighted by atomic mass is 35.5. The molecule has 1 atom stereocenters. The molecule has 1 unspecified atom stereocenters. The van der Waals surface area contributed by atoms with Crippen molar-refractivity contribution >= 4 is 40.8 Å². The number of rotatable bonds is 7. The lowest BCUT2D eigenvalue weighted by Gasteiger charge is -2.15. The Labute approximate surface area is 162 Å². The number of hydrogen-bond donors (Lipinski definition) is 1. The van der Waals surface area contributed by atoms with Gasteiger partial charge in [-0.1, -0.05) is 48.3 Å². The molecule has 0 fully saturated rings. The molecule has 1 amide bonds. The number of amides is 1. The third-order valence-corrected chi connectivity index (χ3v) is 4.39. The quantitative estimate of drug-likeness (QED) is 0.700. The Bertz CT molecular complexity index is 778. The Morgan fingerprint density at radius 3 is 2.46 bits per heavy atom. The SMILES string of the molecule is CCc1ccc(OCC(=O)OC(C)C(=O)Nc2cccc(Cl)c2Cl)cc1. The van der Waals surface area contributed by atoms with Crippen LogP contribution in [0.25, 0.3) is 0 Å². The van der Waals surface area contributed by atoms with Crippen molar-refractivity contribution in [1.29, 1.82) is 0 Å². The summed E-state index contributed by atoms with van der Waals surface area (Å²) in [5.41, 5.74) is 1.52. The Hall–Kier alpha value is -2.24. The third kappa shape index (κ3) is 5.64. The molecule has 0 bridgehead atoms. The molecule has 0 heterocycles. The Balaban J connectivity index is 1.83. The van der Waals surface area contributed by atoms with Crippen molar-refractivity contribution in [1.82, 2.24) is 0 Å². The van der Waals surface area contributed by atoms with Gasteiger partial charge in [0.15, 0.2) is 12.7 Å². The monoisotopic (exact) mass is 395 g/mol. The maximum absolute atomic E-state index is 12.1. The molecule has 0 saturated heterocycles. The number of anilines is 1. The van der Waals surface area contributed by atoms with E-state index in [-0.39, 0.29) is 11.6 Å². The highest BCUT2D eigenvalue weighted by Gasteiger charge is 2.19. The van der Waals surface area contributed by atoms with Crippen molar-refractivity contribution < 1.29 is 19.1 Å². The third-order valence-electron chi connectivity index (χ3n) is 3.58. The predicted octanol–water partition coefficient (Wildman–Crippen LogP) is 4.51. The maximum Gasteiger partial charge on any atom is 0.344 e. The number of carbonyl (C=O) groups excluding carboxylic acids is 2. The van der Waals surface area contributed by atoms with Crippen LogP contribution in [-0.4, -0.2) is 24.6 Å². The number of benzene rings is 2. The molecular formula is C19H19Cl2NO4. The number of halogens is 2. The molecule has 2 rings (SSSR count). The highest BCUT2D eigenvalue weighted by molar-refractivity contribution is 6.44. The van der Waals surface area contributed by atoms with E-state index in [1.54, 1.807) is 30.3 Å². The van der Waals surface area contributed by atoms with Gasteiger partial charge in [0.25, 0.3) is 5.91 Å². The second-order valence-electron chi connectivity index (χ2n) is 5.51. The van der Waals surface area contributed by atoms with Crippen LogP contribution in [-0.2, 0) is 20.7 Å². The van der Waals surface area contributed by atoms with Gasteiger partial charge in [-0.2, -0.15) is 0 Å². The van der Waals surface area contributed by atoms with Crippen molar-refractivity contribution in [2.75, 3.05) is 11.9 Å². The lowest BCUT2D eigenvalue weighted by Crippen LogP contribution is -2.31. The van der Waals surface area contributed by atoms with E-state index in [0.29, 0.717) is 16.5 Å². The molecule has 7 heteroatoms. The second kappa shape index (κ2) is 9.46. The van der Waals surface area contributed by atoms with Gasteiger partial charge in [0, 0.05) is 0 Å².